The summed E-state index contributed by atoms with van der Waals surface area (Å²) in [5, 5.41) is 17.6. The van der Waals surface area contributed by atoms with E-state index in [0.717, 1.165) is 45.3 Å². The molecule has 1 aromatic rings. The average Bonchev–Trinajstić information content (AvgIpc) is 2.48. The molecule has 1 rings (SSSR count). The van der Waals surface area contributed by atoms with E-state index in [0.29, 0.717) is 6.32 Å². The lowest BCUT2D eigenvalue weighted by atomic mass is 9.83. The minimum atomic E-state index is -1.18. The molecule has 0 radical (unpaired) electrons. The summed E-state index contributed by atoms with van der Waals surface area (Å²) in [6.07, 6.45) is 4.18. The molecule has 0 aliphatic carbocycles. The van der Waals surface area contributed by atoms with E-state index in [4.69, 9.17) is 15.8 Å². The fourth-order valence-electron chi connectivity index (χ4n) is 2.42. The number of hydrogen-bond donors (Lipinski definition) is 3. The van der Waals surface area contributed by atoms with Crippen LogP contribution in [0.2, 0.25) is 6.32 Å². The monoisotopic (exact) mass is 292 g/mol. The first-order valence-electron chi connectivity index (χ1n) is 7.99. The highest BCUT2D eigenvalue weighted by Crippen LogP contribution is 2.09. The Bertz CT molecular complexity index is 363. The lowest BCUT2D eigenvalue weighted by Gasteiger charge is -2.22. The molecular formula is C16H29BN2O2. The van der Waals surface area contributed by atoms with Crippen LogP contribution in [0.4, 0.5) is 0 Å². The highest BCUT2D eigenvalue weighted by Gasteiger charge is 2.09. The second-order valence-electron chi connectivity index (χ2n) is 5.67. The van der Waals surface area contributed by atoms with Gasteiger partial charge in [0.15, 0.2) is 0 Å². The van der Waals surface area contributed by atoms with Crippen LogP contribution in [-0.4, -0.2) is 41.2 Å². The van der Waals surface area contributed by atoms with Gasteiger partial charge in [-0.2, -0.15) is 0 Å². The Morgan fingerprint density at radius 1 is 1.14 bits per heavy atom. The van der Waals surface area contributed by atoms with Crippen LogP contribution in [0, 0.1) is 0 Å². The van der Waals surface area contributed by atoms with Crippen LogP contribution in [0.3, 0.4) is 0 Å². The maximum absolute atomic E-state index is 8.78. The normalized spacial score (nSPS) is 12.6. The van der Waals surface area contributed by atoms with E-state index in [-0.39, 0.29) is 6.04 Å². The summed E-state index contributed by atoms with van der Waals surface area (Å²) in [6, 6.07) is 10.7. The first kappa shape index (κ1) is 18.2. The van der Waals surface area contributed by atoms with Crippen LogP contribution < -0.4 is 5.73 Å². The second-order valence-corrected chi connectivity index (χ2v) is 5.67. The van der Waals surface area contributed by atoms with Crippen LogP contribution in [0.1, 0.15) is 38.2 Å². The molecule has 0 saturated heterocycles. The maximum atomic E-state index is 8.78. The zero-order valence-corrected chi connectivity index (χ0v) is 13.1. The molecule has 0 amide bonds. The van der Waals surface area contributed by atoms with E-state index < -0.39 is 7.12 Å². The standard InChI is InChI=1S/C16H29BN2O2/c1-2-19(14-15-8-4-3-5-9-15)13-11-16(18)10-6-7-12-17(20)21/h3-5,8-9,16,20-21H,2,6-7,10-14,18H2,1H3. The summed E-state index contributed by atoms with van der Waals surface area (Å²) >= 11 is 0. The molecule has 1 atom stereocenters. The van der Waals surface area contributed by atoms with Gasteiger partial charge in [0.05, 0.1) is 0 Å². The summed E-state index contributed by atoms with van der Waals surface area (Å²) in [4.78, 5) is 2.41. The third-order valence-electron chi connectivity index (χ3n) is 3.80. The Balaban J connectivity index is 2.18. The van der Waals surface area contributed by atoms with E-state index in [1.54, 1.807) is 0 Å². The number of unbranched alkanes of at least 4 members (excludes halogenated alkanes) is 1. The van der Waals surface area contributed by atoms with Crippen molar-refractivity contribution in [2.75, 3.05) is 13.1 Å². The van der Waals surface area contributed by atoms with Crippen molar-refractivity contribution in [1.82, 2.24) is 4.90 Å². The Kier molecular flexibility index (Phi) is 9.34. The van der Waals surface area contributed by atoms with Gasteiger partial charge >= 0.3 is 7.12 Å². The molecule has 0 saturated carbocycles. The highest BCUT2D eigenvalue weighted by atomic mass is 16.4. The van der Waals surface area contributed by atoms with E-state index in [1.807, 2.05) is 6.07 Å². The third kappa shape index (κ3) is 8.88. The van der Waals surface area contributed by atoms with Gasteiger partial charge in [-0.05, 0) is 37.8 Å². The van der Waals surface area contributed by atoms with Crippen LogP contribution in [0.15, 0.2) is 30.3 Å². The van der Waals surface area contributed by atoms with E-state index in [1.165, 1.54) is 5.56 Å². The Hall–Kier alpha value is -0.875. The van der Waals surface area contributed by atoms with Gasteiger partial charge in [0.2, 0.25) is 0 Å². The molecule has 5 heteroatoms. The maximum Gasteiger partial charge on any atom is 0.451 e. The van der Waals surface area contributed by atoms with Crippen molar-refractivity contribution in [2.24, 2.45) is 5.73 Å². The van der Waals surface area contributed by atoms with Crippen molar-refractivity contribution < 1.29 is 10.0 Å². The van der Waals surface area contributed by atoms with E-state index in [2.05, 4.69) is 36.1 Å². The molecular weight excluding hydrogens is 263 g/mol. The Labute approximate surface area is 129 Å². The van der Waals surface area contributed by atoms with Crippen molar-refractivity contribution in [3.63, 3.8) is 0 Å². The molecule has 4 N–H and O–H groups in total. The molecule has 1 aromatic carbocycles. The molecule has 1 unspecified atom stereocenters. The predicted octanol–water partition coefficient (Wildman–Crippen LogP) is 1.87. The average molecular weight is 292 g/mol. The summed E-state index contributed by atoms with van der Waals surface area (Å²) in [5.74, 6) is 0. The van der Waals surface area contributed by atoms with Gasteiger partial charge in [0.1, 0.15) is 0 Å². The summed E-state index contributed by atoms with van der Waals surface area (Å²) < 4.78 is 0. The first-order chi connectivity index (χ1) is 10.1. The van der Waals surface area contributed by atoms with Crippen LogP contribution in [0.25, 0.3) is 0 Å². The van der Waals surface area contributed by atoms with Gasteiger partial charge in [0, 0.05) is 12.6 Å². The number of nitrogens with two attached hydrogens (primary N) is 1. The van der Waals surface area contributed by atoms with Crippen molar-refractivity contribution in [2.45, 2.75) is 51.5 Å². The molecule has 118 valence electrons. The largest absolute Gasteiger partial charge is 0.451 e. The third-order valence-corrected chi connectivity index (χ3v) is 3.80. The second kappa shape index (κ2) is 10.8. The van der Waals surface area contributed by atoms with Gasteiger partial charge in [0.25, 0.3) is 0 Å². The van der Waals surface area contributed by atoms with Gasteiger partial charge in [-0.15, -0.1) is 0 Å². The number of benzene rings is 1. The van der Waals surface area contributed by atoms with Gasteiger partial charge in [-0.3, -0.25) is 4.90 Å². The van der Waals surface area contributed by atoms with Crippen molar-refractivity contribution >= 4 is 7.12 Å². The summed E-state index contributed by atoms with van der Waals surface area (Å²) in [6.45, 7) is 5.19. The lowest BCUT2D eigenvalue weighted by molar-refractivity contribution is 0.265. The zero-order valence-electron chi connectivity index (χ0n) is 13.1. The molecule has 0 aliphatic heterocycles. The molecule has 0 bridgehead atoms. The Morgan fingerprint density at radius 3 is 2.48 bits per heavy atom. The molecule has 21 heavy (non-hydrogen) atoms. The molecule has 0 spiro atoms. The molecule has 0 fully saturated rings. The SMILES string of the molecule is CCN(CCC(N)CCCCB(O)O)Cc1ccccc1. The van der Waals surface area contributed by atoms with Crippen LogP contribution in [-0.2, 0) is 6.54 Å². The van der Waals surface area contributed by atoms with E-state index >= 15 is 0 Å². The lowest BCUT2D eigenvalue weighted by Crippen LogP contribution is -2.30. The quantitative estimate of drug-likeness (QED) is 0.430. The van der Waals surface area contributed by atoms with E-state index in [9.17, 15) is 0 Å². The molecule has 0 aliphatic rings. The fraction of sp³-hybridized carbons (Fsp3) is 0.625. The van der Waals surface area contributed by atoms with Crippen LogP contribution in [0.5, 0.6) is 0 Å². The summed E-state index contributed by atoms with van der Waals surface area (Å²) in [5.41, 5.74) is 7.47. The fourth-order valence-corrected chi connectivity index (χ4v) is 2.42. The zero-order chi connectivity index (χ0) is 15.5. The number of nitrogens with zero attached hydrogens (tertiary/aromatic N) is 1. The first-order valence-corrected chi connectivity index (χ1v) is 7.99. The van der Waals surface area contributed by atoms with Gasteiger partial charge < -0.3 is 15.8 Å². The van der Waals surface area contributed by atoms with Crippen molar-refractivity contribution in [3.05, 3.63) is 35.9 Å². The topological polar surface area (TPSA) is 69.7 Å². The minimum Gasteiger partial charge on any atom is -0.427 e. The number of rotatable bonds is 11. The molecule has 0 aromatic heterocycles. The van der Waals surface area contributed by atoms with Gasteiger partial charge in [-0.25, -0.2) is 0 Å². The Morgan fingerprint density at radius 2 is 1.86 bits per heavy atom. The van der Waals surface area contributed by atoms with Crippen molar-refractivity contribution in [1.29, 1.82) is 0 Å². The minimum absolute atomic E-state index is 0.200. The number of hydrogen-bond acceptors (Lipinski definition) is 4. The predicted molar refractivity (Wildman–Crippen MR) is 88.8 cm³/mol. The van der Waals surface area contributed by atoms with Gasteiger partial charge in [-0.1, -0.05) is 50.1 Å². The molecule has 4 nitrogen and oxygen atoms in total. The summed E-state index contributed by atoms with van der Waals surface area (Å²) in [7, 11) is -1.18. The smallest absolute Gasteiger partial charge is 0.427 e. The highest BCUT2D eigenvalue weighted by molar-refractivity contribution is 6.40. The van der Waals surface area contributed by atoms with Crippen molar-refractivity contribution in [3.8, 4) is 0 Å². The van der Waals surface area contributed by atoms with Crippen LogP contribution >= 0.6 is 0 Å². The molecule has 0 heterocycles.